The molecule has 1 saturated heterocycles. The van der Waals surface area contributed by atoms with Gasteiger partial charge in [-0.05, 0) is 37.0 Å². The predicted molar refractivity (Wildman–Crippen MR) is 60.5 cm³/mol. The Hall–Kier alpha value is -1.38. The minimum Gasteiger partial charge on any atom is -0.350 e. The van der Waals surface area contributed by atoms with Crippen LogP contribution in [0, 0.1) is 5.82 Å². The van der Waals surface area contributed by atoms with Gasteiger partial charge in [0.1, 0.15) is 5.82 Å². The molecule has 1 aliphatic heterocycles. The lowest BCUT2D eigenvalue weighted by atomic mass is 9.87. The summed E-state index contributed by atoms with van der Waals surface area (Å²) < 4.78 is 13.1. The predicted octanol–water partition coefficient (Wildman–Crippen LogP) is 2.43. The normalized spacial score (nSPS) is 24.5. The Morgan fingerprint density at radius 1 is 1.50 bits per heavy atom. The zero-order valence-corrected chi connectivity index (χ0v) is 9.42. The molecule has 0 spiro atoms. The van der Waals surface area contributed by atoms with Crippen LogP contribution in [0.1, 0.15) is 31.7 Å². The minimum atomic E-state index is -0.215. The summed E-state index contributed by atoms with van der Waals surface area (Å²) >= 11 is 0. The smallest absolute Gasteiger partial charge is 0.220 e. The molecule has 0 saturated carbocycles. The highest BCUT2D eigenvalue weighted by molar-refractivity contribution is 5.79. The second-order valence-corrected chi connectivity index (χ2v) is 4.49. The first-order valence-electron chi connectivity index (χ1n) is 5.69. The SMILES string of the molecule is CCC1(Cc2cccc(F)c2)CCC(=O)N1. The van der Waals surface area contributed by atoms with E-state index in [-0.39, 0.29) is 17.3 Å². The van der Waals surface area contributed by atoms with E-state index in [2.05, 4.69) is 12.2 Å². The van der Waals surface area contributed by atoms with Gasteiger partial charge in [0.2, 0.25) is 5.91 Å². The number of halogens is 1. The number of rotatable bonds is 3. The summed E-state index contributed by atoms with van der Waals surface area (Å²) in [5, 5.41) is 3.02. The van der Waals surface area contributed by atoms with Crippen molar-refractivity contribution >= 4 is 5.91 Å². The van der Waals surface area contributed by atoms with Crippen LogP contribution in [-0.2, 0) is 11.2 Å². The summed E-state index contributed by atoms with van der Waals surface area (Å²) in [7, 11) is 0. The molecule has 0 aliphatic carbocycles. The van der Waals surface area contributed by atoms with E-state index in [9.17, 15) is 9.18 Å². The van der Waals surface area contributed by atoms with Crippen LogP contribution in [0.2, 0.25) is 0 Å². The third kappa shape index (κ3) is 2.23. The van der Waals surface area contributed by atoms with Crippen molar-refractivity contribution in [2.75, 3.05) is 0 Å². The largest absolute Gasteiger partial charge is 0.350 e. The van der Waals surface area contributed by atoms with Crippen molar-refractivity contribution in [3.05, 3.63) is 35.6 Å². The Labute approximate surface area is 94.9 Å². The average molecular weight is 221 g/mol. The molecule has 0 aromatic heterocycles. The molecule has 3 heteroatoms. The second kappa shape index (κ2) is 4.24. The Balaban J connectivity index is 2.16. The molecular weight excluding hydrogens is 205 g/mol. The highest BCUT2D eigenvalue weighted by Gasteiger charge is 2.35. The van der Waals surface area contributed by atoms with Crippen molar-refractivity contribution in [2.45, 2.75) is 38.1 Å². The molecule has 1 aliphatic rings. The first-order valence-corrected chi connectivity index (χ1v) is 5.69. The number of carbonyl (C=O) groups is 1. The molecule has 86 valence electrons. The molecule has 1 fully saturated rings. The summed E-state index contributed by atoms with van der Waals surface area (Å²) in [4.78, 5) is 11.3. The topological polar surface area (TPSA) is 29.1 Å². The van der Waals surface area contributed by atoms with Crippen molar-refractivity contribution in [2.24, 2.45) is 0 Å². The Bertz CT molecular complexity index is 405. The van der Waals surface area contributed by atoms with Gasteiger partial charge in [-0.1, -0.05) is 19.1 Å². The number of amides is 1. The van der Waals surface area contributed by atoms with Gasteiger partial charge in [-0.2, -0.15) is 0 Å². The second-order valence-electron chi connectivity index (χ2n) is 4.49. The lowest BCUT2D eigenvalue weighted by Gasteiger charge is -2.27. The maximum Gasteiger partial charge on any atom is 0.220 e. The van der Waals surface area contributed by atoms with Crippen LogP contribution in [-0.4, -0.2) is 11.4 Å². The molecule has 16 heavy (non-hydrogen) atoms. The lowest BCUT2D eigenvalue weighted by Crippen LogP contribution is -2.42. The third-order valence-electron chi connectivity index (χ3n) is 3.34. The van der Waals surface area contributed by atoms with Crippen LogP contribution in [0.5, 0.6) is 0 Å². The van der Waals surface area contributed by atoms with Crippen molar-refractivity contribution < 1.29 is 9.18 Å². The van der Waals surface area contributed by atoms with Crippen LogP contribution >= 0.6 is 0 Å². The number of nitrogens with one attached hydrogen (secondary N) is 1. The van der Waals surface area contributed by atoms with Gasteiger partial charge in [0.25, 0.3) is 0 Å². The highest BCUT2D eigenvalue weighted by Crippen LogP contribution is 2.28. The molecule has 2 nitrogen and oxygen atoms in total. The molecule has 0 radical (unpaired) electrons. The highest BCUT2D eigenvalue weighted by atomic mass is 19.1. The lowest BCUT2D eigenvalue weighted by molar-refractivity contribution is -0.119. The first kappa shape index (κ1) is 11.1. The summed E-state index contributed by atoms with van der Waals surface area (Å²) in [6, 6.07) is 6.60. The number of benzene rings is 1. The zero-order chi connectivity index (χ0) is 11.6. The zero-order valence-electron chi connectivity index (χ0n) is 9.42. The third-order valence-corrected chi connectivity index (χ3v) is 3.34. The molecule has 1 N–H and O–H groups in total. The summed E-state index contributed by atoms with van der Waals surface area (Å²) in [6.07, 6.45) is 3.03. The fourth-order valence-electron chi connectivity index (χ4n) is 2.33. The van der Waals surface area contributed by atoms with E-state index < -0.39 is 0 Å². The van der Waals surface area contributed by atoms with Gasteiger partial charge in [-0.3, -0.25) is 4.79 Å². The van der Waals surface area contributed by atoms with E-state index in [1.807, 2.05) is 6.07 Å². The van der Waals surface area contributed by atoms with Gasteiger partial charge in [-0.25, -0.2) is 4.39 Å². The van der Waals surface area contributed by atoms with Gasteiger partial charge in [0.05, 0.1) is 0 Å². The maximum atomic E-state index is 13.1. The van der Waals surface area contributed by atoms with Gasteiger partial charge >= 0.3 is 0 Å². The Morgan fingerprint density at radius 2 is 2.31 bits per heavy atom. The maximum absolute atomic E-state index is 13.1. The van der Waals surface area contributed by atoms with E-state index >= 15 is 0 Å². The van der Waals surface area contributed by atoms with Crippen molar-refractivity contribution in [1.29, 1.82) is 0 Å². The van der Waals surface area contributed by atoms with E-state index in [1.165, 1.54) is 6.07 Å². The molecule has 1 aromatic carbocycles. The van der Waals surface area contributed by atoms with E-state index in [1.54, 1.807) is 12.1 Å². The summed E-state index contributed by atoms with van der Waals surface area (Å²) in [5.74, 6) is -0.105. The molecular formula is C13H16FNO. The van der Waals surface area contributed by atoms with Gasteiger partial charge < -0.3 is 5.32 Å². The molecule has 1 amide bonds. The minimum absolute atomic E-state index is 0.109. The van der Waals surface area contributed by atoms with Crippen LogP contribution in [0.3, 0.4) is 0 Å². The Morgan fingerprint density at radius 3 is 2.88 bits per heavy atom. The fourth-order valence-corrected chi connectivity index (χ4v) is 2.33. The molecule has 1 heterocycles. The van der Waals surface area contributed by atoms with Crippen molar-refractivity contribution in [3.63, 3.8) is 0 Å². The summed E-state index contributed by atoms with van der Waals surface area (Å²) in [5.41, 5.74) is 0.786. The number of hydrogen-bond donors (Lipinski definition) is 1. The van der Waals surface area contributed by atoms with E-state index in [0.29, 0.717) is 12.8 Å². The first-order chi connectivity index (χ1) is 7.63. The average Bonchev–Trinajstić information content (AvgIpc) is 2.61. The summed E-state index contributed by atoms with van der Waals surface area (Å²) in [6.45, 7) is 2.06. The molecule has 1 atom stereocenters. The van der Waals surface area contributed by atoms with Gasteiger partial charge in [0.15, 0.2) is 0 Å². The standard InChI is InChI=1S/C13H16FNO/c1-2-13(7-6-12(16)15-13)9-10-4-3-5-11(14)8-10/h3-5,8H,2,6-7,9H2,1H3,(H,15,16). The fraction of sp³-hybridized carbons (Fsp3) is 0.462. The quantitative estimate of drug-likeness (QED) is 0.834. The van der Waals surface area contributed by atoms with Crippen molar-refractivity contribution in [3.8, 4) is 0 Å². The van der Waals surface area contributed by atoms with Crippen LogP contribution in [0.25, 0.3) is 0 Å². The number of carbonyl (C=O) groups excluding carboxylic acids is 1. The molecule has 1 unspecified atom stereocenters. The molecule has 1 aromatic rings. The van der Waals surface area contributed by atoms with Crippen LogP contribution < -0.4 is 5.32 Å². The molecule has 2 rings (SSSR count). The van der Waals surface area contributed by atoms with E-state index in [4.69, 9.17) is 0 Å². The van der Waals surface area contributed by atoms with E-state index in [0.717, 1.165) is 18.4 Å². The molecule has 0 bridgehead atoms. The Kier molecular flexibility index (Phi) is 2.95. The van der Waals surface area contributed by atoms with Crippen molar-refractivity contribution in [1.82, 2.24) is 5.32 Å². The van der Waals surface area contributed by atoms with Crippen LogP contribution in [0.4, 0.5) is 4.39 Å². The van der Waals surface area contributed by atoms with Gasteiger partial charge in [0, 0.05) is 12.0 Å². The van der Waals surface area contributed by atoms with Gasteiger partial charge in [-0.15, -0.1) is 0 Å². The number of hydrogen-bond acceptors (Lipinski definition) is 1. The van der Waals surface area contributed by atoms with Crippen LogP contribution in [0.15, 0.2) is 24.3 Å². The monoisotopic (exact) mass is 221 g/mol.